The quantitative estimate of drug-likeness (QED) is 0.544. The molecule has 0 aliphatic carbocycles. The van der Waals surface area contributed by atoms with Crippen LogP contribution in [-0.2, 0) is 0 Å². The number of fused-ring (bicyclic) bond motifs is 1. The molecule has 2 aromatic heterocycles. The number of rotatable bonds is 3. The zero-order valence-electron chi connectivity index (χ0n) is 14.1. The first-order valence-electron chi connectivity index (χ1n) is 8.23. The maximum atomic E-state index is 12.7. The molecule has 4 nitrogen and oxygen atoms in total. The zero-order valence-corrected chi connectivity index (χ0v) is 14.9. The number of nitrogens with one attached hydrogen (secondary N) is 1. The Morgan fingerprint density at radius 1 is 1.00 bits per heavy atom. The minimum atomic E-state index is -0.175. The van der Waals surface area contributed by atoms with E-state index in [1.54, 1.807) is 0 Å². The Balaban J connectivity index is 1.79. The second-order valence-corrected chi connectivity index (χ2v) is 6.50. The van der Waals surface area contributed by atoms with Crippen molar-refractivity contribution in [2.24, 2.45) is 0 Å². The summed E-state index contributed by atoms with van der Waals surface area (Å²) in [5, 5.41) is 3.67. The number of carbonyl (C=O) groups is 1. The van der Waals surface area contributed by atoms with Crippen molar-refractivity contribution < 1.29 is 4.79 Å². The number of hydrogen-bond donors (Lipinski definition) is 1. The minimum Gasteiger partial charge on any atom is -0.306 e. The van der Waals surface area contributed by atoms with Crippen LogP contribution in [0.2, 0.25) is 5.02 Å². The van der Waals surface area contributed by atoms with Crippen LogP contribution >= 0.6 is 11.6 Å². The summed E-state index contributed by atoms with van der Waals surface area (Å²) < 4.78 is 1.87. The Morgan fingerprint density at radius 3 is 2.46 bits per heavy atom. The number of aryl methyl sites for hydroxylation is 1. The van der Waals surface area contributed by atoms with Crippen LogP contribution in [-0.4, -0.2) is 15.3 Å². The summed E-state index contributed by atoms with van der Waals surface area (Å²) in [6.45, 7) is 1.99. The Bertz CT molecular complexity index is 1080. The van der Waals surface area contributed by atoms with Gasteiger partial charge in [-0.15, -0.1) is 0 Å². The van der Waals surface area contributed by atoms with Gasteiger partial charge in [-0.05, 0) is 43.3 Å². The average Bonchev–Trinajstić information content (AvgIpc) is 3.01. The number of benzene rings is 2. The molecule has 0 spiro atoms. The molecule has 5 heteroatoms. The van der Waals surface area contributed by atoms with Crippen LogP contribution in [0.5, 0.6) is 0 Å². The summed E-state index contributed by atoms with van der Waals surface area (Å²) in [6.07, 6.45) is 1.88. The predicted molar refractivity (Wildman–Crippen MR) is 105 cm³/mol. The Labute approximate surface area is 156 Å². The highest BCUT2D eigenvalue weighted by Gasteiger charge is 2.17. The monoisotopic (exact) mass is 361 g/mol. The Kier molecular flexibility index (Phi) is 4.19. The molecule has 0 saturated carbocycles. The third kappa shape index (κ3) is 3.07. The number of imidazole rings is 1. The summed E-state index contributed by atoms with van der Waals surface area (Å²) in [5.74, 6) is 0.458. The molecule has 2 heterocycles. The summed E-state index contributed by atoms with van der Waals surface area (Å²) >= 11 is 6.00. The van der Waals surface area contributed by atoms with E-state index in [0.29, 0.717) is 22.1 Å². The molecule has 0 bridgehead atoms. The number of halogens is 1. The third-order valence-electron chi connectivity index (χ3n) is 4.19. The largest absolute Gasteiger partial charge is 0.306 e. The normalized spacial score (nSPS) is 10.8. The van der Waals surface area contributed by atoms with Gasteiger partial charge >= 0.3 is 0 Å². The number of aromatic nitrogens is 2. The lowest BCUT2D eigenvalue weighted by Crippen LogP contribution is -2.14. The van der Waals surface area contributed by atoms with Crippen molar-refractivity contribution in [1.82, 2.24) is 9.38 Å². The summed E-state index contributed by atoms with van der Waals surface area (Å²) in [5.41, 5.74) is 4.06. The summed E-state index contributed by atoms with van der Waals surface area (Å²) in [7, 11) is 0. The molecule has 26 heavy (non-hydrogen) atoms. The molecule has 128 valence electrons. The van der Waals surface area contributed by atoms with Gasteiger partial charge in [0.05, 0.1) is 0 Å². The van der Waals surface area contributed by atoms with Gasteiger partial charge in [0.15, 0.2) is 0 Å². The smallest absolute Gasteiger partial charge is 0.256 e. The molecule has 0 atom stereocenters. The molecular weight excluding hydrogens is 346 g/mol. The predicted octanol–water partition coefficient (Wildman–Crippen LogP) is 5.22. The van der Waals surface area contributed by atoms with Crippen molar-refractivity contribution in [3.8, 4) is 11.3 Å². The molecule has 1 N–H and O–H groups in total. The van der Waals surface area contributed by atoms with Gasteiger partial charge in [0, 0.05) is 22.3 Å². The van der Waals surface area contributed by atoms with Crippen LogP contribution in [0.1, 0.15) is 15.9 Å². The maximum absolute atomic E-state index is 12.7. The van der Waals surface area contributed by atoms with Gasteiger partial charge in [-0.1, -0.05) is 47.5 Å². The SMILES string of the molecule is Cc1ccc(C(=O)Nc2c(-c3ccc(Cl)cc3)nc3ccccn23)cc1. The molecule has 0 aliphatic heterocycles. The van der Waals surface area contributed by atoms with Gasteiger partial charge < -0.3 is 5.32 Å². The third-order valence-corrected chi connectivity index (χ3v) is 4.45. The standard InChI is InChI=1S/C21H16ClN3O/c1-14-5-7-16(8-6-14)21(26)24-20-19(15-9-11-17(22)12-10-15)23-18-4-2-3-13-25(18)20/h2-13H,1H3,(H,24,26). The highest BCUT2D eigenvalue weighted by molar-refractivity contribution is 6.30. The van der Waals surface area contributed by atoms with E-state index >= 15 is 0 Å². The van der Waals surface area contributed by atoms with Crippen molar-refractivity contribution >= 4 is 29.0 Å². The summed E-state index contributed by atoms with van der Waals surface area (Å²) in [6, 6.07) is 20.6. The van der Waals surface area contributed by atoms with E-state index in [2.05, 4.69) is 10.3 Å². The van der Waals surface area contributed by atoms with E-state index in [-0.39, 0.29) is 5.91 Å². The van der Waals surface area contributed by atoms with Crippen molar-refractivity contribution in [2.75, 3.05) is 5.32 Å². The fraction of sp³-hybridized carbons (Fsp3) is 0.0476. The molecule has 2 aromatic carbocycles. The second-order valence-electron chi connectivity index (χ2n) is 6.06. The Hall–Kier alpha value is -3.11. The lowest BCUT2D eigenvalue weighted by Gasteiger charge is -2.08. The molecule has 1 amide bonds. The van der Waals surface area contributed by atoms with Crippen molar-refractivity contribution in [2.45, 2.75) is 6.92 Å². The first-order valence-corrected chi connectivity index (χ1v) is 8.61. The average molecular weight is 362 g/mol. The van der Waals surface area contributed by atoms with Crippen LogP contribution in [0.25, 0.3) is 16.9 Å². The number of pyridine rings is 1. The number of amides is 1. The van der Waals surface area contributed by atoms with Crippen molar-refractivity contribution in [3.05, 3.63) is 89.1 Å². The molecule has 0 radical (unpaired) electrons. The highest BCUT2D eigenvalue weighted by atomic mass is 35.5. The molecule has 0 unspecified atom stereocenters. The lowest BCUT2D eigenvalue weighted by molar-refractivity contribution is 0.102. The first-order chi connectivity index (χ1) is 12.6. The van der Waals surface area contributed by atoms with Gasteiger partial charge in [0.1, 0.15) is 17.2 Å². The maximum Gasteiger partial charge on any atom is 0.256 e. The molecular formula is C21H16ClN3O. The lowest BCUT2D eigenvalue weighted by atomic mass is 10.1. The van der Waals surface area contributed by atoms with Gasteiger partial charge in [0.25, 0.3) is 5.91 Å². The Morgan fingerprint density at radius 2 is 1.73 bits per heavy atom. The molecule has 4 rings (SSSR count). The zero-order chi connectivity index (χ0) is 18.1. The van der Waals surface area contributed by atoms with Crippen LogP contribution in [0.4, 0.5) is 5.82 Å². The van der Waals surface area contributed by atoms with Crippen LogP contribution < -0.4 is 5.32 Å². The number of nitrogens with zero attached hydrogens (tertiary/aromatic N) is 2. The number of anilines is 1. The highest BCUT2D eigenvalue weighted by Crippen LogP contribution is 2.30. The van der Waals surface area contributed by atoms with E-state index in [1.807, 2.05) is 84.3 Å². The fourth-order valence-electron chi connectivity index (χ4n) is 2.81. The fourth-order valence-corrected chi connectivity index (χ4v) is 2.93. The van der Waals surface area contributed by atoms with Crippen molar-refractivity contribution in [1.29, 1.82) is 0 Å². The number of hydrogen-bond acceptors (Lipinski definition) is 2. The van der Waals surface area contributed by atoms with Gasteiger partial charge in [0.2, 0.25) is 0 Å². The molecule has 4 aromatic rings. The molecule has 0 fully saturated rings. The van der Waals surface area contributed by atoms with E-state index in [9.17, 15) is 4.79 Å². The second kappa shape index (κ2) is 6.65. The van der Waals surface area contributed by atoms with Gasteiger partial charge in [-0.25, -0.2) is 4.98 Å². The van der Waals surface area contributed by atoms with E-state index < -0.39 is 0 Å². The molecule has 0 aliphatic rings. The van der Waals surface area contributed by atoms with Crippen LogP contribution in [0.3, 0.4) is 0 Å². The van der Waals surface area contributed by atoms with Crippen LogP contribution in [0, 0.1) is 6.92 Å². The summed E-state index contributed by atoms with van der Waals surface area (Å²) in [4.78, 5) is 17.4. The van der Waals surface area contributed by atoms with Crippen molar-refractivity contribution in [3.63, 3.8) is 0 Å². The van der Waals surface area contributed by atoms with Gasteiger partial charge in [-0.2, -0.15) is 0 Å². The molecule has 0 saturated heterocycles. The van der Waals surface area contributed by atoms with Gasteiger partial charge in [-0.3, -0.25) is 9.20 Å². The first kappa shape index (κ1) is 16.4. The van der Waals surface area contributed by atoms with E-state index in [4.69, 9.17) is 11.6 Å². The number of carbonyl (C=O) groups excluding carboxylic acids is 1. The minimum absolute atomic E-state index is 0.175. The topological polar surface area (TPSA) is 46.4 Å². The van der Waals surface area contributed by atoms with E-state index in [1.165, 1.54) is 0 Å². The van der Waals surface area contributed by atoms with E-state index in [0.717, 1.165) is 16.8 Å². The van der Waals surface area contributed by atoms with Crippen LogP contribution in [0.15, 0.2) is 72.9 Å².